The van der Waals surface area contributed by atoms with Crippen molar-refractivity contribution in [3.8, 4) is 44.8 Å². The molecule has 0 atom stereocenters. The predicted octanol–water partition coefficient (Wildman–Crippen LogP) is 18.8. The highest BCUT2D eigenvalue weighted by Crippen LogP contribution is 2.59. The molecule has 0 amide bonds. The van der Waals surface area contributed by atoms with E-state index in [1.807, 2.05) is 0 Å². The van der Waals surface area contributed by atoms with E-state index in [9.17, 15) is 0 Å². The van der Waals surface area contributed by atoms with E-state index in [1.165, 1.54) is 133 Å². The van der Waals surface area contributed by atoms with Crippen LogP contribution in [0.1, 0.15) is 50.9 Å². The Morgan fingerprint density at radius 3 is 1.20 bits per heavy atom. The van der Waals surface area contributed by atoms with Crippen molar-refractivity contribution in [2.75, 3.05) is 0 Å². The number of fused-ring (bicyclic) bond motifs is 13. The fraction of sp³-hybridized carbons (Fsp3) is 0.0411. The van der Waals surface area contributed by atoms with Crippen LogP contribution in [0.2, 0.25) is 0 Å². The SMILES string of the molecule is C(=Cc1ccc2c(c1)c1ccccc1n2-c1ccccc1)c1ccc(-c2ccc3c(c2)C2(CCc4ccccc42)c2cc(-c4ccc(C=Cc5ccc6c(c5)c5ccccc5n6-c5ccccc5)cc4)ccc2-3)cc1. The second-order valence-corrected chi connectivity index (χ2v) is 20.4. The molecule has 352 valence electrons. The highest BCUT2D eigenvalue weighted by Gasteiger charge is 2.48. The summed E-state index contributed by atoms with van der Waals surface area (Å²) in [4.78, 5) is 0. The molecule has 75 heavy (non-hydrogen) atoms. The van der Waals surface area contributed by atoms with E-state index in [4.69, 9.17) is 0 Å². The topological polar surface area (TPSA) is 9.86 Å². The van der Waals surface area contributed by atoms with Gasteiger partial charge in [-0.3, -0.25) is 0 Å². The average Bonchev–Trinajstić information content (AvgIpc) is 4.22. The lowest BCUT2D eigenvalue weighted by Gasteiger charge is -2.29. The Morgan fingerprint density at radius 2 is 0.693 bits per heavy atom. The van der Waals surface area contributed by atoms with Crippen molar-refractivity contribution in [1.29, 1.82) is 0 Å². The first-order chi connectivity index (χ1) is 37.1. The maximum Gasteiger partial charge on any atom is 0.0541 e. The summed E-state index contributed by atoms with van der Waals surface area (Å²) in [5, 5.41) is 5.05. The number of benzene rings is 11. The summed E-state index contributed by atoms with van der Waals surface area (Å²) in [6.45, 7) is 0. The lowest BCUT2D eigenvalue weighted by Crippen LogP contribution is -2.23. The molecular weight excluding hydrogens is 905 g/mol. The summed E-state index contributed by atoms with van der Waals surface area (Å²) < 4.78 is 4.74. The highest BCUT2D eigenvalue weighted by atomic mass is 15.0. The second kappa shape index (κ2) is 17.3. The van der Waals surface area contributed by atoms with Gasteiger partial charge in [-0.25, -0.2) is 0 Å². The third kappa shape index (κ3) is 7.02. The van der Waals surface area contributed by atoms with E-state index >= 15 is 0 Å². The third-order valence-electron chi connectivity index (χ3n) is 16.3. The normalized spacial score (nSPS) is 14.8. The molecule has 15 rings (SSSR count). The van der Waals surface area contributed by atoms with Gasteiger partial charge in [0, 0.05) is 38.3 Å². The fourth-order valence-corrected chi connectivity index (χ4v) is 12.8. The molecule has 2 aliphatic carbocycles. The van der Waals surface area contributed by atoms with Crippen LogP contribution in [-0.2, 0) is 11.8 Å². The Morgan fingerprint density at radius 1 is 0.293 bits per heavy atom. The number of nitrogens with zero attached hydrogens (tertiary/aromatic N) is 2. The van der Waals surface area contributed by atoms with Gasteiger partial charge in [0.2, 0.25) is 0 Å². The van der Waals surface area contributed by atoms with Crippen LogP contribution in [0.3, 0.4) is 0 Å². The molecule has 2 aromatic heterocycles. The second-order valence-electron chi connectivity index (χ2n) is 20.4. The van der Waals surface area contributed by atoms with Crippen LogP contribution in [0.15, 0.2) is 255 Å². The summed E-state index contributed by atoms with van der Waals surface area (Å²) in [5.74, 6) is 0. The van der Waals surface area contributed by atoms with Gasteiger partial charge in [-0.05, 0) is 164 Å². The first kappa shape index (κ1) is 43.1. The van der Waals surface area contributed by atoms with Crippen LogP contribution in [0.4, 0.5) is 0 Å². The molecule has 0 aliphatic heterocycles. The zero-order chi connectivity index (χ0) is 49.5. The number of hydrogen-bond acceptors (Lipinski definition) is 0. The van der Waals surface area contributed by atoms with Gasteiger partial charge in [-0.1, -0.05) is 206 Å². The smallest absolute Gasteiger partial charge is 0.0541 e. The van der Waals surface area contributed by atoms with E-state index in [1.54, 1.807) is 0 Å². The minimum atomic E-state index is -0.207. The molecule has 11 aromatic carbocycles. The Kier molecular flexibility index (Phi) is 9.96. The van der Waals surface area contributed by atoms with Gasteiger partial charge in [0.25, 0.3) is 0 Å². The molecule has 0 fully saturated rings. The van der Waals surface area contributed by atoms with Crippen molar-refractivity contribution in [3.05, 3.63) is 299 Å². The van der Waals surface area contributed by atoms with Crippen molar-refractivity contribution in [2.24, 2.45) is 0 Å². The van der Waals surface area contributed by atoms with Gasteiger partial charge in [-0.2, -0.15) is 0 Å². The van der Waals surface area contributed by atoms with Crippen LogP contribution in [0.25, 0.3) is 113 Å². The number of aryl methyl sites for hydroxylation is 1. The maximum absolute atomic E-state index is 2.50. The summed E-state index contributed by atoms with van der Waals surface area (Å²) in [6, 6.07) is 94.2. The van der Waals surface area contributed by atoms with Crippen molar-refractivity contribution in [3.63, 3.8) is 0 Å². The van der Waals surface area contributed by atoms with Crippen LogP contribution < -0.4 is 0 Å². The van der Waals surface area contributed by atoms with Crippen molar-refractivity contribution in [2.45, 2.75) is 18.3 Å². The van der Waals surface area contributed by atoms with Crippen molar-refractivity contribution < 1.29 is 0 Å². The molecule has 1 spiro atoms. The largest absolute Gasteiger partial charge is 0.309 e. The first-order valence-corrected chi connectivity index (χ1v) is 26.3. The average molecular weight is 955 g/mol. The molecule has 0 saturated carbocycles. The van der Waals surface area contributed by atoms with Crippen molar-refractivity contribution in [1.82, 2.24) is 9.13 Å². The van der Waals surface area contributed by atoms with Gasteiger partial charge in [0.05, 0.1) is 22.1 Å². The zero-order valence-corrected chi connectivity index (χ0v) is 41.4. The van der Waals surface area contributed by atoms with Gasteiger partial charge in [0.1, 0.15) is 0 Å². The van der Waals surface area contributed by atoms with E-state index in [0.29, 0.717) is 0 Å². The number of para-hydroxylation sites is 4. The number of rotatable bonds is 8. The van der Waals surface area contributed by atoms with Gasteiger partial charge >= 0.3 is 0 Å². The molecular formula is C73H50N2. The fourth-order valence-electron chi connectivity index (χ4n) is 12.8. The summed E-state index contributed by atoms with van der Waals surface area (Å²) in [5.41, 5.74) is 25.2. The standard InChI is InChI=1S/C73H50N2/c1-3-14-58(15-4-1)74-69-21-11-8-18-62(69)64-45-51(31-41-71(64)74)25-23-49-27-33-53(34-28-49)56-37-39-60-61-40-38-57(48-68(61)73(67(60)47-56)44-43-55-13-7-10-20-66(55)73)54-35-29-50(30-36-54)24-26-52-32-42-72-65(46-52)63-19-9-12-22-70(63)75(72)59-16-5-2-6-17-59/h1-42,45-48H,43-44H2. The van der Waals surface area contributed by atoms with Crippen LogP contribution in [0.5, 0.6) is 0 Å². The van der Waals surface area contributed by atoms with E-state index in [-0.39, 0.29) is 5.41 Å². The van der Waals surface area contributed by atoms with Crippen molar-refractivity contribution >= 4 is 67.9 Å². The molecule has 13 aromatic rings. The number of aromatic nitrogens is 2. The molecule has 2 nitrogen and oxygen atoms in total. The number of hydrogen-bond donors (Lipinski definition) is 0. The Hall–Kier alpha value is -9.50. The Bertz CT molecular complexity index is 4170. The maximum atomic E-state index is 2.50. The Balaban J connectivity index is 0.711. The van der Waals surface area contributed by atoms with E-state index in [2.05, 4.69) is 288 Å². The predicted molar refractivity (Wildman–Crippen MR) is 317 cm³/mol. The quantitative estimate of drug-likeness (QED) is 0.134. The molecule has 2 heteroatoms. The van der Waals surface area contributed by atoms with Gasteiger partial charge in [-0.15, -0.1) is 0 Å². The molecule has 0 N–H and O–H groups in total. The monoisotopic (exact) mass is 954 g/mol. The summed E-state index contributed by atoms with van der Waals surface area (Å²) >= 11 is 0. The summed E-state index contributed by atoms with van der Waals surface area (Å²) in [7, 11) is 0. The first-order valence-electron chi connectivity index (χ1n) is 26.3. The highest BCUT2D eigenvalue weighted by molar-refractivity contribution is 6.11. The minimum Gasteiger partial charge on any atom is -0.309 e. The lowest BCUT2D eigenvalue weighted by atomic mass is 9.72. The molecule has 2 aliphatic rings. The molecule has 2 heterocycles. The van der Waals surface area contributed by atoms with Crippen LogP contribution in [-0.4, -0.2) is 9.13 Å². The Labute approximate surface area is 437 Å². The molecule has 0 saturated heterocycles. The zero-order valence-electron chi connectivity index (χ0n) is 41.4. The lowest BCUT2D eigenvalue weighted by molar-refractivity contribution is 0.626. The van der Waals surface area contributed by atoms with Crippen LogP contribution in [0, 0.1) is 0 Å². The van der Waals surface area contributed by atoms with Crippen LogP contribution >= 0.6 is 0 Å². The molecule has 0 radical (unpaired) electrons. The van der Waals surface area contributed by atoms with Gasteiger partial charge in [0.15, 0.2) is 0 Å². The minimum absolute atomic E-state index is 0.207. The van der Waals surface area contributed by atoms with E-state index < -0.39 is 0 Å². The van der Waals surface area contributed by atoms with Gasteiger partial charge < -0.3 is 9.13 Å². The third-order valence-corrected chi connectivity index (χ3v) is 16.3. The molecule has 0 unspecified atom stereocenters. The van der Waals surface area contributed by atoms with E-state index in [0.717, 1.165) is 12.8 Å². The molecule has 0 bridgehead atoms. The summed E-state index contributed by atoms with van der Waals surface area (Å²) in [6.07, 6.45) is 11.1.